The third kappa shape index (κ3) is 1.53. The molecule has 0 spiro atoms. The highest BCUT2D eigenvalue weighted by atomic mass is 16.3. The molecule has 0 saturated heterocycles. The lowest BCUT2D eigenvalue weighted by Crippen LogP contribution is -2.03. The van der Waals surface area contributed by atoms with E-state index in [0.717, 1.165) is 16.5 Å². The van der Waals surface area contributed by atoms with Crippen molar-refractivity contribution in [1.29, 1.82) is 0 Å². The Morgan fingerprint density at radius 1 is 1.43 bits per heavy atom. The molecule has 2 rings (SSSR count). The molecule has 1 N–H and O–H groups in total. The fraction of sp³-hybridized carbons (Fsp3) is 0.333. The first kappa shape index (κ1) is 9.28. The van der Waals surface area contributed by atoms with Crippen molar-refractivity contribution in [2.45, 2.75) is 26.4 Å². The summed E-state index contributed by atoms with van der Waals surface area (Å²) in [6.07, 6.45) is 2.07. The second kappa shape index (κ2) is 3.46. The van der Waals surface area contributed by atoms with E-state index < -0.39 is 0 Å². The highest BCUT2D eigenvalue weighted by Gasteiger charge is 2.09. The van der Waals surface area contributed by atoms with E-state index in [9.17, 15) is 5.11 Å². The lowest BCUT2D eigenvalue weighted by atomic mass is 10.0. The molecule has 2 heteroatoms. The number of hydrogen-bond acceptors (Lipinski definition) is 2. The van der Waals surface area contributed by atoms with Gasteiger partial charge in [-0.25, -0.2) is 0 Å². The largest absolute Gasteiger partial charge is 0.464 e. The monoisotopic (exact) mass is 190 g/mol. The smallest absolute Gasteiger partial charge is 0.134 e. The first-order chi connectivity index (χ1) is 6.68. The van der Waals surface area contributed by atoms with Gasteiger partial charge in [-0.2, -0.15) is 0 Å². The summed E-state index contributed by atoms with van der Waals surface area (Å²) in [5.41, 5.74) is 3.20. The zero-order valence-corrected chi connectivity index (χ0v) is 8.45. The number of fused-ring (bicyclic) bond motifs is 1. The van der Waals surface area contributed by atoms with E-state index in [1.807, 2.05) is 12.1 Å². The molecule has 0 amide bonds. The molecule has 1 heterocycles. The second-order valence-electron chi connectivity index (χ2n) is 3.76. The van der Waals surface area contributed by atoms with Crippen molar-refractivity contribution in [3.05, 3.63) is 35.6 Å². The van der Waals surface area contributed by atoms with E-state index in [4.69, 9.17) is 4.42 Å². The van der Waals surface area contributed by atoms with Crippen molar-refractivity contribution in [2.24, 2.45) is 0 Å². The number of rotatable bonds is 2. The third-order valence-electron chi connectivity index (χ3n) is 2.40. The number of hydrogen-bond donors (Lipinski definition) is 1. The van der Waals surface area contributed by atoms with Crippen LogP contribution >= 0.6 is 0 Å². The number of furan rings is 1. The predicted molar refractivity (Wildman–Crippen MR) is 56.3 cm³/mol. The van der Waals surface area contributed by atoms with Crippen LogP contribution in [0.25, 0.3) is 11.0 Å². The van der Waals surface area contributed by atoms with Crippen LogP contribution in [0.1, 0.15) is 18.1 Å². The number of aliphatic hydroxyl groups is 1. The third-order valence-corrected chi connectivity index (χ3v) is 2.40. The van der Waals surface area contributed by atoms with Crippen molar-refractivity contribution in [1.82, 2.24) is 0 Å². The van der Waals surface area contributed by atoms with Gasteiger partial charge in [0.25, 0.3) is 0 Å². The van der Waals surface area contributed by atoms with E-state index in [1.165, 1.54) is 5.56 Å². The van der Waals surface area contributed by atoms with Crippen LogP contribution in [0.5, 0.6) is 0 Å². The summed E-state index contributed by atoms with van der Waals surface area (Å²) in [7, 11) is 0. The number of aryl methyl sites for hydroxylation is 1. The SMILES string of the molecule is Cc1cccc2occ(CC(C)O)c12. The van der Waals surface area contributed by atoms with Gasteiger partial charge in [-0.3, -0.25) is 0 Å². The Labute approximate surface area is 83.2 Å². The van der Waals surface area contributed by atoms with Crippen molar-refractivity contribution in [3.63, 3.8) is 0 Å². The van der Waals surface area contributed by atoms with Crippen LogP contribution in [-0.2, 0) is 6.42 Å². The van der Waals surface area contributed by atoms with Gasteiger partial charge in [0, 0.05) is 17.4 Å². The lowest BCUT2D eigenvalue weighted by Gasteiger charge is -2.02. The van der Waals surface area contributed by atoms with Gasteiger partial charge in [-0.15, -0.1) is 0 Å². The maximum atomic E-state index is 9.33. The molecule has 74 valence electrons. The van der Waals surface area contributed by atoms with E-state index in [0.29, 0.717) is 6.42 Å². The van der Waals surface area contributed by atoms with Gasteiger partial charge in [-0.05, 0) is 25.5 Å². The summed E-state index contributed by atoms with van der Waals surface area (Å²) < 4.78 is 5.42. The molecule has 0 saturated carbocycles. The molecule has 0 aliphatic carbocycles. The van der Waals surface area contributed by atoms with Crippen molar-refractivity contribution < 1.29 is 9.52 Å². The maximum Gasteiger partial charge on any atom is 0.134 e. The van der Waals surface area contributed by atoms with E-state index in [1.54, 1.807) is 13.2 Å². The van der Waals surface area contributed by atoms with Crippen LogP contribution in [0.2, 0.25) is 0 Å². The highest BCUT2D eigenvalue weighted by Crippen LogP contribution is 2.25. The van der Waals surface area contributed by atoms with Crippen LogP contribution in [0.3, 0.4) is 0 Å². The maximum absolute atomic E-state index is 9.33. The van der Waals surface area contributed by atoms with Crippen LogP contribution < -0.4 is 0 Å². The standard InChI is InChI=1S/C12H14O2/c1-8-4-3-5-11-12(8)10(7-14-11)6-9(2)13/h3-5,7,9,13H,6H2,1-2H3. The van der Waals surface area contributed by atoms with E-state index in [2.05, 4.69) is 13.0 Å². The first-order valence-corrected chi connectivity index (χ1v) is 4.82. The molecule has 14 heavy (non-hydrogen) atoms. The Kier molecular flexibility index (Phi) is 2.30. The van der Waals surface area contributed by atoms with Crippen LogP contribution in [-0.4, -0.2) is 11.2 Å². The number of benzene rings is 1. The molecule has 2 aromatic rings. The molecule has 0 fully saturated rings. The Bertz CT molecular complexity index is 441. The van der Waals surface area contributed by atoms with Gasteiger partial charge in [0.05, 0.1) is 12.4 Å². The molecule has 1 atom stereocenters. The Morgan fingerprint density at radius 2 is 2.21 bits per heavy atom. The zero-order chi connectivity index (χ0) is 10.1. The Hall–Kier alpha value is -1.28. The van der Waals surface area contributed by atoms with Gasteiger partial charge >= 0.3 is 0 Å². The summed E-state index contributed by atoms with van der Waals surface area (Å²) in [5, 5.41) is 10.5. The van der Waals surface area contributed by atoms with Gasteiger partial charge in [-0.1, -0.05) is 12.1 Å². The summed E-state index contributed by atoms with van der Waals surface area (Å²) >= 11 is 0. The highest BCUT2D eigenvalue weighted by molar-refractivity contribution is 5.84. The van der Waals surface area contributed by atoms with Crippen LogP contribution in [0.4, 0.5) is 0 Å². The molecule has 0 aliphatic heterocycles. The van der Waals surface area contributed by atoms with Crippen molar-refractivity contribution in [3.8, 4) is 0 Å². The average Bonchev–Trinajstić information content (AvgIpc) is 2.49. The minimum Gasteiger partial charge on any atom is -0.464 e. The molecular weight excluding hydrogens is 176 g/mol. The number of aliphatic hydroxyl groups excluding tert-OH is 1. The zero-order valence-electron chi connectivity index (χ0n) is 8.45. The molecule has 1 aromatic heterocycles. The van der Waals surface area contributed by atoms with Gasteiger partial charge in [0.2, 0.25) is 0 Å². The normalized spacial score (nSPS) is 13.4. The molecule has 1 unspecified atom stereocenters. The molecule has 0 radical (unpaired) electrons. The van der Waals surface area contributed by atoms with Gasteiger partial charge in [0.1, 0.15) is 5.58 Å². The molecule has 1 aromatic carbocycles. The Balaban J connectivity index is 2.55. The van der Waals surface area contributed by atoms with Crippen molar-refractivity contribution >= 4 is 11.0 Å². The first-order valence-electron chi connectivity index (χ1n) is 4.82. The van der Waals surface area contributed by atoms with E-state index in [-0.39, 0.29) is 6.10 Å². The lowest BCUT2D eigenvalue weighted by molar-refractivity contribution is 0.195. The summed E-state index contributed by atoms with van der Waals surface area (Å²) in [4.78, 5) is 0. The second-order valence-corrected chi connectivity index (χ2v) is 3.76. The van der Waals surface area contributed by atoms with Crippen LogP contribution in [0, 0.1) is 6.92 Å². The average molecular weight is 190 g/mol. The van der Waals surface area contributed by atoms with E-state index >= 15 is 0 Å². The quantitative estimate of drug-likeness (QED) is 0.789. The molecule has 0 bridgehead atoms. The summed E-state index contributed by atoms with van der Waals surface area (Å²) in [5.74, 6) is 0. The van der Waals surface area contributed by atoms with Gasteiger partial charge < -0.3 is 9.52 Å². The van der Waals surface area contributed by atoms with Crippen molar-refractivity contribution in [2.75, 3.05) is 0 Å². The molecular formula is C12H14O2. The fourth-order valence-electron chi connectivity index (χ4n) is 1.81. The molecule has 2 nitrogen and oxygen atoms in total. The topological polar surface area (TPSA) is 33.4 Å². The minimum absolute atomic E-state index is 0.324. The van der Waals surface area contributed by atoms with Crippen LogP contribution in [0.15, 0.2) is 28.9 Å². The minimum atomic E-state index is -0.324. The fourth-order valence-corrected chi connectivity index (χ4v) is 1.81. The Morgan fingerprint density at radius 3 is 2.93 bits per heavy atom. The van der Waals surface area contributed by atoms with Gasteiger partial charge in [0.15, 0.2) is 0 Å². The predicted octanol–water partition coefficient (Wildman–Crippen LogP) is 2.66. The summed E-state index contributed by atoms with van der Waals surface area (Å²) in [6.45, 7) is 3.85. The molecule has 0 aliphatic rings. The summed E-state index contributed by atoms with van der Waals surface area (Å²) in [6, 6.07) is 5.99.